The van der Waals surface area contributed by atoms with E-state index in [9.17, 15) is 19.5 Å². The Balaban J connectivity index is 1.43. The summed E-state index contributed by atoms with van der Waals surface area (Å²) in [5.74, 6) is -2.12. The second kappa shape index (κ2) is 9.37. The van der Waals surface area contributed by atoms with E-state index in [0.717, 1.165) is 33.8 Å². The van der Waals surface area contributed by atoms with Crippen LogP contribution >= 0.6 is 24.0 Å². The van der Waals surface area contributed by atoms with Gasteiger partial charge in [-0.3, -0.25) is 14.5 Å². The van der Waals surface area contributed by atoms with Crippen molar-refractivity contribution in [1.29, 1.82) is 0 Å². The third-order valence-corrected chi connectivity index (χ3v) is 6.38. The van der Waals surface area contributed by atoms with E-state index in [0.29, 0.717) is 4.91 Å². The molecule has 0 spiro atoms. The van der Waals surface area contributed by atoms with Gasteiger partial charge in [-0.05, 0) is 23.3 Å². The fourth-order valence-electron chi connectivity index (χ4n) is 3.44. The molecular formula is C23H19N3O4S2. The molecule has 0 radical (unpaired) electrons. The highest BCUT2D eigenvalue weighted by Gasteiger charge is 2.34. The summed E-state index contributed by atoms with van der Waals surface area (Å²) in [5.41, 5.74) is 2.52. The van der Waals surface area contributed by atoms with E-state index in [4.69, 9.17) is 12.2 Å². The molecule has 1 unspecified atom stereocenters. The number of H-pyrrole nitrogens is 1. The van der Waals surface area contributed by atoms with Crippen molar-refractivity contribution in [3.63, 3.8) is 0 Å². The summed E-state index contributed by atoms with van der Waals surface area (Å²) < 4.78 is 0.260. The second-order valence-corrected chi connectivity index (χ2v) is 8.88. The summed E-state index contributed by atoms with van der Waals surface area (Å²) in [6.45, 7) is -0.339. The molecule has 1 aliphatic heterocycles. The summed E-state index contributed by atoms with van der Waals surface area (Å²) >= 11 is 6.38. The Hall–Kier alpha value is -3.43. The Kier molecular flexibility index (Phi) is 6.38. The average Bonchev–Trinajstić information content (AvgIpc) is 3.30. The number of carboxylic acids is 1. The number of thioether (sulfide) groups is 1. The highest BCUT2D eigenvalue weighted by atomic mass is 32.2. The summed E-state index contributed by atoms with van der Waals surface area (Å²) in [5, 5.41) is 13.0. The van der Waals surface area contributed by atoms with Gasteiger partial charge in [-0.1, -0.05) is 72.5 Å². The van der Waals surface area contributed by atoms with E-state index >= 15 is 0 Å². The van der Waals surface area contributed by atoms with Crippen LogP contribution in [0.2, 0.25) is 0 Å². The predicted octanol–water partition coefficient (Wildman–Crippen LogP) is 3.18. The van der Waals surface area contributed by atoms with Gasteiger partial charge in [0.2, 0.25) is 5.91 Å². The first-order valence-corrected chi connectivity index (χ1v) is 11.0. The number of nitrogens with zero attached hydrogens (tertiary/aromatic N) is 1. The largest absolute Gasteiger partial charge is 0.480 e. The van der Waals surface area contributed by atoms with Gasteiger partial charge in [-0.15, -0.1) is 0 Å². The lowest BCUT2D eigenvalue weighted by molar-refractivity contribution is -0.141. The van der Waals surface area contributed by atoms with Crippen molar-refractivity contribution in [3.05, 3.63) is 76.8 Å². The van der Waals surface area contributed by atoms with Gasteiger partial charge in [-0.2, -0.15) is 0 Å². The first-order valence-electron chi connectivity index (χ1n) is 9.80. The van der Waals surface area contributed by atoms with Crippen LogP contribution in [0.15, 0.2) is 65.7 Å². The number of thiocarbonyl (C=S) groups is 1. The number of benzene rings is 2. The molecule has 1 atom stereocenters. The number of nitrogens with one attached hydrogen (secondary N) is 2. The third-order valence-electron chi connectivity index (χ3n) is 5.00. The molecule has 0 aliphatic carbocycles. The van der Waals surface area contributed by atoms with Gasteiger partial charge < -0.3 is 15.4 Å². The first-order chi connectivity index (χ1) is 15.4. The molecule has 3 N–H and O–H groups in total. The van der Waals surface area contributed by atoms with E-state index in [1.54, 1.807) is 12.3 Å². The van der Waals surface area contributed by atoms with Gasteiger partial charge in [-0.25, -0.2) is 4.79 Å². The Morgan fingerprint density at radius 2 is 1.88 bits per heavy atom. The van der Waals surface area contributed by atoms with E-state index in [2.05, 4.69) is 10.3 Å². The number of carbonyl (C=O) groups excluding carboxylic acids is 2. The fraction of sp³-hybridized carbons (Fsp3) is 0.130. The van der Waals surface area contributed by atoms with Crippen LogP contribution in [0.1, 0.15) is 11.1 Å². The van der Waals surface area contributed by atoms with Crippen LogP contribution in [0.3, 0.4) is 0 Å². The van der Waals surface area contributed by atoms with Crippen molar-refractivity contribution < 1.29 is 19.5 Å². The quantitative estimate of drug-likeness (QED) is 0.366. The van der Waals surface area contributed by atoms with Gasteiger partial charge in [0.25, 0.3) is 5.91 Å². The van der Waals surface area contributed by atoms with Gasteiger partial charge in [0, 0.05) is 23.5 Å². The highest BCUT2D eigenvalue weighted by molar-refractivity contribution is 8.26. The Morgan fingerprint density at radius 1 is 1.16 bits per heavy atom. The number of hydrogen-bond acceptors (Lipinski definition) is 5. The number of carboxylic acid groups (broad SMARTS) is 1. The maximum Gasteiger partial charge on any atom is 0.326 e. The van der Waals surface area contributed by atoms with Gasteiger partial charge in [0.05, 0.1) is 4.91 Å². The van der Waals surface area contributed by atoms with Crippen molar-refractivity contribution in [2.24, 2.45) is 0 Å². The molecule has 2 aromatic carbocycles. The lowest BCUT2D eigenvalue weighted by Crippen LogP contribution is -2.47. The molecule has 2 heterocycles. The van der Waals surface area contributed by atoms with Crippen molar-refractivity contribution in [1.82, 2.24) is 15.2 Å². The molecule has 1 saturated heterocycles. The maximum absolute atomic E-state index is 12.7. The average molecular weight is 466 g/mol. The molecule has 0 bridgehead atoms. The number of fused-ring (bicyclic) bond motifs is 1. The molecule has 1 aromatic heterocycles. The lowest BCUT2D eigenvalue weighted by Gasteiger charge is -2.18. The summed E-state index contributed by atoms with van der Waals surface area (Å²) in [6.07, 6.45) is 3.56. The topological polar surface area (TPSA) is 103 Å². The molecule has 4 rings (SSSR count). The van der Waals surface area contributed by atoms with Crippen molar-refractivity contribution in [3.8, 4) is 0 Å². The number of amides is 2. The van der Waals surface area contributed by atoms with Crippen molar-refractivity contribution >= 4 is 63.1 Å². The van der Waals surface area contributed by atoms with Gasteiger partial charge in [0.15, 0.2) is 0 Å². The SMILES string of the molecule is O=C(CN1C(=O)/C(=C/c2ccccc2)SC1=S)NC(Cc1c[nH]c2ccccc12)C(=O)O. The molecular weight excluding hydrogens is 446 g/mol. The van der Waals surface area contributed by atoms with Crippen LogP contribution in [0.5, 0.6) is 0 Å². The zero-order chi connectivity index (χ0) is 22.7. The van der Waals surface area contributed by atoms with E-state index in [1.165, 1.54) is 4.90 Å². The second-order valence-electron chi connectivity index (χ2n) is 7.20. The van der Waals surface area contributed by atoms with E-state index in [-0.39, 0.29) is 23.2 Å². The van der Waals surface area contributed by atoms with Gasteiger partial charge >= 0.3 is 5.97 Å². The Labute approximate surface area is 193 Å². The Morgan fingerprint density at radius 3 is 2.62 bits per heavy atom. The molecule has 3 aromatic rings. The van der Waals surface area contributed by atoms with Crippen LogP contribution in [-0.2, 0) is 20.8 Å². The predicted molar refractivity (Wildman–Crippen MR) is 128 cm³/mol. The summed E-state index contributed by atoms with van der Waals surface area (Å²) in [4.78, 5) is 41.8. The third kappa shape index (κ3) is 4.74. The first kappa shape index (κ1) is 21.8. The molecule has 2 amide bonds. The standard InChI is InChI=1S/C23H19N3O4S2/c27-20(13-26-21(28)19(32-23(26)31)10-14-6-2-1-3-7-14)25-18(22(29)30)11-15-12-24-17-9-5-4-8-16(15)17/h1-10,12,18,24H,11,13H2,(H,25,27)(H,29,30)/b19-10-. The minimum absolute atomic E-state index is 0.109. The number of aliphatic carboxylic acids is 1. The number of rotatable bonds is 7. The van der Waals surface area contributed by atoms with Crippen LogP contribution in [0.4, 0.5) is 0 Å². The van der Waals surface area contributed by atoms with Crippen LogP contribution in [-0.4, -0.2) is 49.7 Å². The van der Waals surface area contributed by atoms with Crippen molar-refractivity contribution in [2.75, 3.05) is 6.54 Å². The molecule has 162 valence electrons. The van der Waals surface area contributed by atoms with Crippen LogP contribution in [0.25, 0.3) is 17.0 Å². The minimum atomic E-state index is -1.15. The van der Waals surface area contributed by atoms with Gasteiger partial charge in [0.1, 0.15) is 16.9 Å². The maximum atomic E-state index is 12.7. The number of carbonyl (C=O) groups is 3. The highest BCUT2D eigenvalue weighted by Crippen LogP contribution is 2.32. The zero-order valence-electron chi connectivity index (χ0n) is 16.8. The van der Waals surface area contributed by atoms with Crippen LogP contribution < -0.4 is 5.32 Å². The van der Waals surface area contributed by atoms with E-state index in [1.807, 2.05) is 54.6 Å². The Bertz CT molecular complexity index is 1240. The number of aromatic nitrogens is 1. The smallest absolute Gasteiger partial charge is 0.326 e. The molecule has 7 nitrogen and oxygen atoms in total. The molecule has 32 heavy (non-hydrogen) atoms. The molecule has 1 fully saturated rings. The normalized spacial score (nSPS) is 16.0. The molecule has 9 heteroatoms. The summed E-state index contributed by atoms with van der Waals surface area (Å²) in [6, 6.07) is 15.7. The zero-order valence-corrected chi connectivity index (χ0v) is 18.4. The number of aromatic amines is 1. The number of hydrogen-bond donors (Lipinski definition) is 3. The van der Waals surface area contributed by atoms with Crippen molar-refractivity contribution in [2.45, 2.75) is 12.5 Å². The number of para-hydroxylation sites is 1. The van der Waals surface area contributed by atoms with E-state index < -0.39 is 17.9 Å². The monoisotopic (exact) mass is 465 g/mol. The summed E-state index contributed by atoms with van der Waals surface area (Å²) in [7, 11) is 0. The van der Waals surface area contributed by atoms with Crippen LogP contribution in [0, 0.1) is 0 Å². The fourth-order valence-corrected chi connectivity index (χ4v) is 4.70. The molecule has 1 aliphatic rings. The lowest BCUT2D eigenvalue weighted by atomic mass is 10.0. The molecule has 0 saturated carbocycles. The minimum Gasteiger partial charge on any atom is -0.480 e.